The Kier molecular flexibility index (Phi) is 3.94. The topological polar surface area (TPSA) is 83.8 Å². The van der Waals surface area contributed by atoms with Crippen molar-refractivity contribution in [3.8, 4) is 22.9 Å². The van der Waals surface area contributed by atoms with Crippen LogP contribution in [-0.4, -0.2) is 33.3 Å². The lowest BCUT2D eigenvalue weighted by Crippen LogP contribution is -2.28. The second-order valence-electron chi connectivity index (χ2n) is 6.74. The van der Waals surface area contributed by atoms with Crippen LogP contribution in [0.3, 0.4) is 0 Å². The maximum absolute atomic E-state index is 9.81. The van der Waals surface area contributed by atoms with E-state index in [1.165, 1.54) is 0 Å². The van der Waals surface area contributed by atoms with Gasteiger partial charge in [0.05, 0.1) is 5.69 Å². The summed E-state index contributed by atoms with van der Waals surface area (Å²) in [5.74, 6) is 0.304. The van der Waals surface area contributed by atoms with Crippen molar-refractivity contribution in [2.45, 2.75) is 19.9 Å². The molecular formula is C20H20N6. The normalized spacial score (nSPS) is 14.0. The zero-order valence-corrected chi connectivity index (χ0v) is 14.9. The zero-order valence-electron chi connectivity index (χ0n) is 14.9. The van der Waals surface area contributed by atoms with Gasteiger partial charge in [-0.05, 0) is 37.7 Å². The largest absolute Gasteiger partial charge is 0.383 e. The number of hydrogen-bond donors (Lipinski definition) is 1. The molecule has 26 heavy (non-hydrogen) atoms. The Balaban J connectivity index is 2.07. The smallest absolute Gasteiger partial charge is 0.142 e. The molecule has 0 amide bonds. The van der Waals surface area contributed by atoms with Gasteiger partial charge in [-0.3, -0.25) is 0 Å². The molecule has 1 aliphatic heterocycles. The summed E-state index contributed by atoms with van der Waals surface area (Å²) in [6.07, 6.45) is 4.49. The minimum atomic E-state index is 0.304. The van der Waals surface area contributed by atoms with Crippen molar-refractivity contribution < 1.29 is 0 Å². The second kappa shape index (κ2) is 6.28. The molecule has 2 aromatic heterocycles. The average Bonchev–Trinajstić information content (AvgIpc) is 3.15. The third-order valence-electron chi connectivity index (χ3n) is 4.85. The lowest BCUT2D eigenvalue weighted by Gasteiger charge is -2.28. The van der Waals surface area contributed by atoms with E-state index in [1.54, 1.807) is 6.20 Å². The summed E-state index contributed by atoms with van der Waals surface area (Å²) in [5, 5.41) is 14.2. The van der Waals surface area contributed by atoms with E-state index in [4.69, 9.17) is 5.73 Å². The summed E-state index contributed by atoms with van der Waals surface area (Å²) < 4.78 is 1.82. The van der Waals surface area contributed by atoms with Gasteiger partial charge in [-0.15, -0.1) is 0 Å². The number of anilines is 1. The van der Waals surface area contributed by atoms with Crippen molar-refractivity contribution in [3.63, 3.8) is 0 Å². The summed E-state index contributed by atoms with van der Waals surface area (Å²) in [6.45, 7) is 3.73. The van der Waals surface area contributed by atoms with Crippen LogP contribution in [0.25, 0.3) is 16.8 Å². The van der Waals surface area contributed by atoms with Crippen LogP contribution in [0, 0.1) is 18.3 Å². The number of nitriles is 1. The van der Waals surface area contributed by atoms with Gasteiger partial charge in [-0.25, -0.2) is 9.67 Å². The van der Waals surface area contributed by atoms with Gasteiger partial charge in [0.15, 0.2) is 0 Å². The number of nitrogen functional groups attached to an aromatic ring is 1. The Hall–Kier alpha value is -3.17. The van der Waals surface area contributed by atoms with E-state index in [0.717, 1.165) is 53.1 Å². The molecule has 1 aliphatic rings. The van der Waals surface area contributed by atoms with Crippen molar-refractivity contribution in [2.75, 3.05) is 19.3 Å². The van der Waals surface area contributed by atoms with Crippen LogP contribution in [0.2, 0.25) is 0 Å². The minimum absolute atomic E-state index is 0.304. The van der Waals surface area contributed by atoms with Gasteiger partial charge in [-0.2, -0.15) is 10.4 Å². The van der Waals surface area contributed by atoms with Gasteiger partial charge in [-0.1, -0.05) is 11.6 Å². The monoisotopic (exact) mass is 344 g/mol. The minimum Gasteiger partial charge on any atom is -0.383 e. The van der Waals surface area contributed by atoms with E-state index < -0.39 is 0 Å². The summed E-state index contributed by atoms with van der Waals surface area (Å²) in [6, 6.07) is 10.4. The summed E-state index contributed by atoms with van der Waals surface area (Å²) in [5.41, 5.74) is 12.6. The number of aromatic nitrogens is 3. The molecule has 0 fully saturated rings. The maximum atomic E-state index is 9.81. The van der Waals surface area contributed by atoms with Crippen LogP contribution in [0.1, 0.15) is 22.4 Å². The fourth-order valence-corrected chi connectivity index (χ4v) is 3.59. The van der Waals surface area contributed by atoms with Crippen LogP contribution in [-0.2, 0) is 13.0 Å². The number of rotatable bonds is 2. The first kappa shape index (κ1) is 16.3. The van der Waals surface area contributed by atoms with Crippen molar-refractivity contribution in [1.29, 1.82) is 5.26 Å². The molecule has 0 aliphatic carbocycles. The predicted octanol–water partition coefficient (Wildman–Crippen LogP) is 2.68. The van der Waals surface area contributed by atoms with E-state index in [9.17, 15) is 5.26 Å². The number of likely N-dealkylation sites (N-methyl/N-ethyl adjacent to an activating group) is 1. The number of benzene rings is 1. The average molecular weight is 344 g/mol. The molecule has 6 nitrogen and oxygen atoms in total. The molecule has 3 aromatic rings. The van der Waals surface area contributed by atoms with Gasteiger partial charge in [0.1, 0.15) is 17.5 Å². The van der Waals surface area contributed by atoms with Crippen LogP contribution >= 0.6 is 0 Å². The van der Waals surface area contributed by atoms with Crippen molar-refractivity contribution in [2.24, 2.45) is 0 Å². The molecule has 0 spiro atoms. The Morgan fingerprint density at radius 1 is 1.31 bits per heavy atom. The number of aryl methyl sites for hydroxylation is 1. The molecule has 0 radical (unpaired) electrons. The quantitative estimate of drug-likeness (QED) is 0.773. The first-order valence-corrected chi connectivity index (χ1v) is 8.59. The number of hydrogen-bond acceptors (Lipinski definition) is 5. The van der Waals surface area contributed by atoms with Gasteiger partial charge < -0.3 is 10.6 Å². The third-order valence-corrected chi connectivity index (χ3v) is 4.85. The summed E-state index contributed by atoms with van der Waals surface area (Å²) >= 11 is 0. The first-order valence-electron chi connectivity index (χ1n) is 8.59. The number of pyridine rings is 1. The molecule has 0 unspecified atom stereocenters. The van der Waals surface area contributed by atoms with Crippen molar-refractivity contribution in [3.05, 3.63) is 59.0 Å². The fraction of sp³-hybridized carbons (Fsp3) is 0.250. The standard InChI is InChI=1S/C20H20N6/c1-13-4-5-18(26-8-3-7-23-26)14(10-13)19-15(11-21)20(22)24-17-6-9-25(2)12-16(17)19/h3-5,7-8,10H,6,9,12H2,1-2H3,(H2,22,24). The molecule has 6 heteroatoms. The zero-order chi connectivity index (χ0) is 18.3. The van der Waals surface area contributed by atoms with E-state index in [1.807, 2.05) is 29.9 Å². The lowest BCUT2D eigenvalue weighted by molar-refractivity contribution is 0.310. The number of nitrogens with two attached hydrogens (primary N) is 1. The Labute approximate surface area is 152 Å². The SMILES string of the molecule is Cc1ccc(-n2cccn2)c(-c2c(C#N)c(N)nc3c2CN(C)CC3)c1. The molecule has 0 saturated heterocycles. The van der Waals surface area contributed by atoms with Gasteiger partial charge in [0, 0.05) is 48.7 Å². The molecule has 4 rings (SSSR count). The highest BCUT2D eigenvalue weighted by Crippen LogP contribution is 2.38. The molecule has 3 heterocycles. The second-order valence-corrected chi connectivity index (χ2v) is 6.74. The maximum Gasteiger partial charge on any atom is 0.142 e. The van der Waals surface area contributed by atoms with Crippen LogP contribution in [0.15, 0.2) is 36.7 Å². The van der Waals surface area contributed by atoms with Gasteiger partial charge >= 0.3 is 0 Å². The highest BCUT2D eigenvalue weighted by Gasteiger charge is 2.25. The van der Waals surface area contributed by atoms with Crippen LogP contribution < -0.4 is 5.73 Å². The Bertz CT molecular complexity index is 1010. The van der Waals surface area contributed by atoms with Gasteiger partial charge in [0.25, 0.3) is 0 Å². The van der Waals surface area contributed by atoms with E-state index in [0.29, 0.717) is 11.4 Å². The van der Waals surface area contributed by atoms with Crippen LogP contribution in [0.5, 0.6) is 0 Å². The molecule has 0 atom stereocenters. The molecule has 0 saturated carbocycles. The number of fused-ring (bicyclic) bond motifs is 1. The third kappa shape index (κ3) is 2.63. The number of nitrogens with zero attached hydrogens (tertiary/aromatic N) is 5. The summed E-state index contributed by atoms with van der Waals surface area (Å²) in [4.78, 5) is 6.77. The first-order chi connectivity index (χ1) is 12.6. The molecule has 130 valence electrons. The fourth-order valence-electron chi connectivity index (χ4n) is 3.59. The molecule has 1 aromatic carbocycles. The van der Waals surface area contributed by atoms with Gasteiger partial charge in [0.2, 0.25) is 0 Å². The van der Waals surface area contributed by atoms with E-state index in [2.05, 4.69) is 40.2 Å². The van der Waals surface area contributed by atoms with Crippen molar-refractivity contribution in [1.82, 2.24) is 19.7 Å². The molecule has 0 bridgehead atoms. The Morgan fingerprint density at radius 2 is 2.15 bits per heavy atom. The predicted molar refractivity (Wildman–Crippen MR) is 101 cm³/mol. The van der Waals surface area contributed by atoms with Crippen LogP contribution in [0.4, 0.5) is 5.82 Å². The highest BCUT2D eigenvalue weighted by atomic mass is 15.3. The lowest BCUT2D eigenvalue weighted by atomic mass is 9.89. The Morgan fingerprint density at radius 3 is 2.88 bits per heavy atom. The molecule has 2 N–H and O–H groups in total. The summed E-state index contributed by atoms with van der Waals surface area (Å²) in [7, 11) is 2.08. The van der Waals surface area contributed by atoms with Crippen molar-refractivity contribution >= 4 is 5.82 Å². The van der Waals surface area contributed by atoms with E-state index >= 15 is 0 Å². The highest BCUT2D eigenvalue weighted by molar-refractivity contribution is 5.84. The molecular weight excluding hydrogens is 324 g/mol. The van der Waals surface area contributed by atoms with E-state index in [-0.39, 0.29) is 0 Å².